The van der Waals surface area contributed by atoms with E-state index in [1.807, 2.05) is 13.8 Å². The van der Waals surface area contributed by atoms with Crippen LogP contribution in [0, 0.1) is 22.0 Å². The number of fused-ring (bicyclic) bond motifs is 3. The Balaban J connectivity index is 1.74. The number of cyclic esters (lactones) is 1. The number of ether oxygens (including phenoxy) is 3. The molecule has 184 valence electrons. The zero-order valence-corrected chi connectivity index (χ0v) is 19.3. The Morgan fingerprint density at radius 2 is 1.91 bits per heavy atom. The topological polar surface area (TPSA) is 147 Å². The van der Waals surface area contributed by atoms with Crippen molar-refractivity contribution in [1.82, 2.24) is 0 Å². The van der Waals surface area contributed by atoms with Gasteiger partial charge in [-0.2, -0.15) is 5.23 Å². The smallest absolute Gasteiger partial charge is 0.338 e. The maximum Gasteiger partial charge on any atom is 0.338 e. The van der Waals surface area contributed by atoms with Crippen molar-refractivity contribution in [3.63, 3.8) is 0 Å². The van der Waals surface area contributed by atoms with E-state index >= 15 is 0 Å². The lowest BCUT2D eigenvalue weighted by Gasteiger charge is -2.60. The van der Waals surface area contributed by atoms with Gasteiger partial charge >= 0.3 is 17.9 Å². The van der Waals surface area contributed by atoms with Gasteiger partial charge in [0.15, 0.2) is 5.69 Å². The zero-order valence-electron chi connectivity index (χ0n) is 19.3. The molecule has 1 saturated heterocycles. The summed E-state index contributed by atoms with van der Waals surface area (Å²) in [7, 11) is 0. The van der Waals surface area contributed by atoms with Gasteiger partial charge in [0.2, 0.25) is 0 Å². The van der Waals surface area contributed by atoms with Crippen molar-refractivity contribution < 1.29 is 44.1 Å². The van der Waals surface area contributed by atoms with Crippen LogP contribution < -0.4 is 5.23 Å². The maximum atomic E-state index is 13.0. The Kier molecular flexibility index (Phi) is 6.05. The molecule has 1 heterocycles. The molecule has 2 fully saturated rings. The zero-order chi connectivity index (χ0) is 24.9. The molecule has 34 heavy (non-hydrogen) atoms. The normalized spacial score (nSPS) is 35.4. The van der Waals surface area contributed by atoms with Crippen LogP contribution in [-0.4, -0.2) is 53.1 Å². The number of rotatable bonds is 5. The van der Waals surface area contributed by atoms with E-state index in [0.717, 1.165) is 0 Å². The quantitative estimate of drug-likeness (QED) is 0.325. The van der Waals surface area contributed by atoms with E-state index < -0.39 is 51.6 Å². The van der Waals surface area contributed by atoms with Gasteiger partial charge in [0.05, 0.1) is 17.7 Å². The number of carbonyl (C=O) groups is 3. The monoisotopic (exact) mass is 475 g/mol. The standard InChI is InChI=1S/C24H29NO9/c1-14(26)32-12-22(2)9-4-10-23(3)19(22)18(11-17-21(28)33-13-24(17,23)29)34-20(27)15-5-7-16(8-6-15)25(30)31/h5-8,11,18-19,25,29-30H,4,9-10,12-13H2,1-3H3/t18-,19+,22-,23+,24-/m1/s1. The second-order valence-electron chi connectivity index (χ2n) is 9.95. The Morgan fingerprint density at radius 1 is 1.24 bits per heavy atom. The third kappa shape index (κ3) is 3.80. The van der Waals surface area contributed by atoms with Gasteiger partial charge in [0, 0.05) is 35.8 Å². The molecule has 1 aromatic rings. The molecule has 6 atom stereocenters. The number of carbonyl (C=O) groups excluding carboxylic acids is 3. The molecule has 3 N–H and O–H groups in total. The summed E-state index contributed by atoms with van der Waals surface area (Å²) in [6.45, 7) is 4.99. The molecule has 3 aliphatic rings. The molecule has 0 spiro atoms. The first-order chi connectivity index (χ1) is 15.9. The summed E-state index contributed by atoms with van der Waals surface area (Å²) < 4.78 is 16.5. The first-order valence-corrected chi connectivity index (χ1v) is 11.2. The van der Waals surface area contributed by atoms with E-state index in [4.69, 9.17) is 19.4 Å². The SMILES string of the molecule is CC(=O)OC[C@@]1(C)CCC[C@@]2(C)[C@H]1[C@H](OC(=O)c1ccc([NH+]([O-])O)cc1)C=C1C(=O)OC[C@@]12O. The summed E-state index contributed by atoms with van der Waals surface area (Å²) >= 11 is 0. The Morgan fingerprint density at radius 3 is 2.53 bits per heavy atom. The molecule has 4 rings (SSSR count). The summed E-state index contributed by atoms with van der Waals surface area (Å²) in [5.74, 6) is -2.27. The lowest BCUT2D eigenvalue weighted by Crippen LogP contribution is -2.99. The minimum atomic E-state index is -1.56. The largest absolute Gasteiger partial charge is 0.595 e. The average molecular weight is 475 g/mol. The van der Waals surface area contributed by atoms with Crippen molar-refractivity contribution in [2.75, 3.05) is 13.2 Å². The first kappa shape index (κ1) is 24.3. The van der Waals surface area contributed by atoms with Crippen molar-refractivity contribution in [1.29, 1.82) is 0 Å². The van der Waals surface area contributed by atoms with Crippen LogP contribution in [0.5, 0.6) is 0 Å². The molecule has 0 radical (unpaired) electrons. The number of esters is 3. The third-order valence-corrected chi connectivity index (χ3v) is 7.78. The fourth-order valence-electron chi connectivity index (χ4n) is 6.07. The lowest BCUT2D eigenvalue weighted by atomic mass is 9.46. The van der Waals surface area contributed by atoms with Crippen molar-refractivity contribution >= 4 is 23.6 Å². The van der Waals surface area contributed by atoms with Gasteiger partial charge in [-0.15, -0.1) is 0 Å². The van der Waals surface area contributed by atoms with E-state index in [1.54, 1.807) is 0 Å². The van der Waals surface area contributed by atoms with Crippen molar-refractivity contribution in [2.24, 2.45) is 16.7 Å². The Hall–Kier alpha value is -2.79. The van der Waals surface area contributed by atoms with Crippen LogP contribution in [0.3, 0.4) is 0 Å². The van der Waals surface area contributed by atoms with Gasteiger partial charge in [-0.05, 0) is 31.1 Å². The van der Waals surface area contributed by atoms with E-state index in [9.17, 15) is 24.7 Å². The minimum Gasteiger partial charge on any atom is -0.595 e. The molecule has 0 bridgehead atoms. The van der Waals surface area contributed by atoms with Crippen molar-refractivity contribution in [2.45, 2.75) is 51.7 Å². The highest BCUT2D eigenvalue weighted by Gasteiger charge is 2.68. The number of hydrogen-bond acceptors (Lipinski definition) is 9. The second kappa shape index (κ2) is 8.46. The molecule has 1 aromatic carbocycles. The van der Waals surface area contributed by atoms with E-state index in [-0.39, 0.29) is 30.0 Å². The van der Waals surface area contributed by atoms with Gasteiger partial charge in [-0.3, -0.25) is 4.79 Å². The molecule has 10 heteroatoms. The van der Waals surface area contributed by atoms with Crippen LogP contribution in [0.25, 0.3) is 0 Å². The van der Waals surface area contributed by atoms with Gasteiger partial charge < -0.3 is 24.5 Å². The van der Waals surface area contributed by atoms with Crippen LogP contribution in [0.15, 0.2) is 35.9 Å². The summed E-state index contributed by atoms with van der Waals surface area (Å²) in [6.07, 6.45) is 2.49. The highest BCUT2D eigenvalue weighted by molar-refractivity contribution is 5.94. The fraction of sp³-hybridized carbons (Fsp3) is 0.542. The molecule has 0 amide bonds. The molecule has 0 aromatic heterocycles. The van der Waals surface area contributed by atoms with E-state index in [1.165, 1.54) is 37.3 Å². The van der Waals surface area contributed by atoms with E-state index in [2.05, 4.69) is 0 Å². The minimum absolute atomic E-state index is 0.0314. The molecule has 2 aliphatic carbocycles. The Bertz CT molecular complexity index is 1040. The second-order valence-corrected chi connectivity index (χ2v) is 9.95. The summed E-state index contributed by atoms with van der Waals surface area (Å²) in [5, 5.41) is 30.8. The average Bonchev–Trinajstić information content (AvgIpc) is 3.08. The first-order valence-electron chi connectivity index (χ1n) is 11.2. The van der Waals surface area contributed by atoms with Crippen LogP contribution in [0.1, 0.15) is 50.4 Å². The van der Waals surface area contributed by atoms with Gasteiger partial charge in [-0.1, -0.05) is 20.3 Å². The van der Waals surface area contributed by atoms with Crippen LogP contribution in [-0.2, 0) is 23.8 Å². The van der Waals surface area contributed by atoms with Crippen LogP contribution >= 0.6 is 0 Å². The molecule has 10 nitrogen and oxygen atoms in total. The molecule has 1 saturated carbocycles. The van der Waals surface area contributed by atoms with Gasteiger partial charge in [-0.25, -0.2) is 14.8 Å². The van der Waals surface area contributed by atoms with Crippen molar-refractivity contribution in [3.05, 3.63) is 46.7 Å². The predicted octanol–water partition coefficient (Wildman–Crippen LogP) is 1.22. The number of aliphatic hydroxyl groups is 1. The van der Waals surface area contributed by atoms with Crippen LogP contribution in [0.2, 0.25) is 0 Å². The molecular formula is C24H29NO9. The predicted molar refractivity (Wildman–Crippen MR) is 116 cm³/mol. The molecule has 1 aliphatic heterocycles. The summed E-state index contributed by atoms with van der Waals surface area (Å²) in [4.78, 5) is 37.1. The highest BCUT2D eigenvalue weighted by atomic mass is 16.8. The van der Waals surface area contributed by atoms with Gasteiger partial charge in [0.25, 0.3) is 0 Å². The number of benzene rings is 1. The van der Waals surface area contributed by atoms with Crippen molar-refractivity contribution in [3.8, 4) is 0 Å². The molecular weight excluding hydrogens is 446 g/mol. The Labute approximate surface area is 196 Å². The fourth-order valence-corrected chi connectivity index (χ4v) is 6.07. The number of nitrogens with one attached hydrogen (secondary N) is 1. The lowest BCUT2D eigenvalue weighted by molar-refractivity contribution is -0.991. The third-order valence-electron chi connectivity index (χ3n) is 7.78. The summed E-state index contributed by atoms with van der Waals surface area (Å²) in [6, 6.07) is 5.34. The number of quaternary nitrogens is 1. The van der Waals surface area contributed by atoms with E-state index in [0.29, 0.717) is 19.3 Å². The maximum absolute atomic E-state index is 13.0. The highest BCUT2D eigenvalue weighted by Crippen LogP contribution is 2.63. The summed E-state index contributed by atoms with van der Waals surface area (Å²) in [5.41, 5.74) is -2.85. The van der Waals surface area contributed by atoms with Crippen LogP contribution in [0.4, 0.5) is 5.69 Å². The molecule has 1 unspecified atom stereocenters. The number of hydrogen-bond donors (Lipinski definition) is 3. The van der Waals surface area contributed by atoms with Gasteiger partial charge in [0.1, 0.15) is 18.3 Å².